The van der Waals surface area contributed by atoms with Gasteiger partial charge >= 0.3 is 6.03 Å². The van der Waals surface area contributed by atoms with Crippen LogP contribution in [0.4, 0.5) is 4.79 Å². The van der Waals surface area contributed by atoms with Gasteiger partial charge in [0.15, 0.2) is 11.5 Å². The van der Waals surface area contributed by atoms with E-state index in [0.29, 0.717) is 48.1 Å². The van der Waals surface area contributed by atoms with Crippen LogP contribution in [0.2, 0.25) is 0 Å². The van der Waals surface area contributed by atoms with Gasteiger partial charge in [-0.25, -0.2) is 4.79 Å². The van der Waals surface area contributed by atoms with Crippen molar-refractivity contribution in [2.24, 2.45) is 0 Å². The van der Waals surface area contributed by atoms with E-state index in [1.807, 2.05) is 36.4 Å². The highest BCUT2D eigenvalue weighted by Crippen LogP contribution is 2.33. The summed E-state index contributed by atoms with van der Waals surface area (Å²) in [6.45, 7) is 1.67. The highest BCUT2D eigenvalue weighted by atomic mass is 16.6. The van der Waals surface area contributed by atoms with Crippen LogP contribution in [0.15, 0.2) is 76.1 Å². The van der Waals surface area contributed by atoms with Crippen molar-refractivity contribution >= 4 is 16.9 Å². The summed E-state index contributed by atoms with van der Waals surface area (Å²) in [6.07, 6.45) is 1.56. The van der Waals surface area contributed by atoms with Gasteiger partial charge in [-0.1, -0.05) is 30.3 Å². The Morgan fingerprint density at radius 3 is 2.52 bits per heavy atom. The number of pyridine rings is 1. The Morgan fingerprint density at radius 1 is 0.970 bits per heavy atom. The molecular weight excluding hydrogens is 422 g/mol. The van der Waals surface area contributed by atoms with Gasteiger partial charge < -0.3 is 29.1 Å². The second-order valence-corrected chi connectivity index (χ2v) is 7.79. The number of carbonyl (C=O) groups is 1. The van der Waals surface area contributed by atoms with E-state index in [9.17, 15) is 9.59 Å². The minimum absolute atomic E-state index is 0.112. The number of rotatable bonds is 6. The molecular formula is C25H23N3O5. The lowest BCUT2D eigenvalue weighted by molar-refractivity contribution is 0.172. The fraction of sp³-hybridized carbons (Fsp3) is 0.200. The molecule has 5 rings (SSSR count). The van der Waals surface area contributed by atoms with Gasteiger partial charge in [0.05, 0.1) is 24.9 Å². The number of nitrogens with zero attached hydrogens (tertiary/aromatic N) is 1. The van der Waals surface area contributed by atoms with Crippen molar-refractivity contribution in [3.63, 3.8) is 0 Å². The molecule has 2 amide bonds. The third-order valence-corrected chi connectivity index (χ3v) is 5.45. The van der Waals surface area contributed by atoms with Crippen molar-refractivity contribution in [3.05, 3.63) is 94.2 Å². The number of urea groups is 1. The normalized spacial score (nSPS) is 12.5. The Kier molecular flexibility index (Phi) is 5.72. The quantitative estimate of drug-likeness (QED) is 0.471. The average Bonchev–Trinajstić information content (AvgIpc) is 3.35. The summed E-state index contributed by atoms with van der Waals surface area (Å²) in [5.74, 6) is 1.87. The topological polar surface area (TPSA) is 96.8 Å². The van der Waals surface area contributed by atoms with Gasteiger partial charge in [0.2, 0.25) is 0 Å². The third-order valence-electron chi connectivity index (χ3n) is 5.45. The second-order valence-electron chi connectivity index (χ2n) is 7.79. The van der Waals surface area contributed by atoms with Crippen LogP contribution in [0.3, 0.4) is 0 Å². The minimum atomic E-state index is -0.295. The van der Waals surface area contributed by atoms with E-state index in [1.54, 1.807) is 35.4 Å². The van der Waals surface area contributed by atoms with Crippen LogP contribution in [0, 0.1) is 0 Å². The summed E-state index contributed by atoms with van der Waals surface area (Å²) in [7, 11) is 0. The van der Waals surface area contributed by atoms with Crippen LogP contribution in [-0.2, 0) is 19.6 Å². The van der Waals surface area contributed by atoms with Crippen LogP contribution in [-0.4, -0.2) is 29.1 Å². The molecule has 2 N–H and O–H groups in total. The molecule has 33 heavy (non-hydrogen) atoms. The van der Waals surface area contributed by atoms with Crippen LogP contribution in [0.25, 0.3) is 10.9 Å². The summed E-state index contributed by atoms with van der Waals surface area (Å²) in [6, 6.07) is 18.3. The monoisotopic (exact) mass is 445 g/mol. The highest BCUT2D eigenvalue weighted by Gasteiger charge is 2.19. The zero-order valence-electron chi connectivity index (χ0n) is 17.9. The molecule has 0 spiro atoms. The number of hydrogen-bond acceptors (Lipinski definition) is 5. The summed E-state index contributed by atoms with van der Waals surface area (Å²) in [5, 5.41) is 3.73. The van der Waals surface area contributed by atoms with Gasteiger partial charge in [0.25, 0.3) is 5.56 Å². The van der Waals surface area contributed by atoms with Gasteiger partial charge in [-0.2, -0.15) is 0 Å². The zero-order chi connectivity index (χ0) is 22.6. The van der Waals surface area contributed by atoms with E-state index >= 15 is 0 Å². The van der Waals surface area contributed by atoms with Crippen molar-refractivity contribution in [3.8, 4) is 11.5 Å². The van der Waals surface area contributed by atoms with Gasteiger partial charge in [-0.15, -0.1) is 0 Å². The van der Waals surface area contributed by atoms with Crippen molar-refractivity contribution in [2.75, 3.05) is 13.2 Å². The largest absolute Gasteiger partial charge is 0.486 e. The molecule has 0 bridgehead atoms. The van der Waals surface area contributed by atoms with Gasteiger partial charge in [-0.05, 0) is 29.8 Å². The van der Waals surface area contributed by atoms with Crippen molar-refractivity contribution in [1.82, 2.24) is 15.2 Å². The van der Waals surface area contributed by atoms with Crippen LogP contribution >= 0.6 is 0 Å². The van der Waals surface area contributed by atoms with Crippen LogP contribution in [0.5, 0.6) is 11.5 Å². The number of nitrogens with one attached hydrogen (secondary N) is 2. The molecule has 0 unspecified atom stereocenters. The predicted octanol–water partition coefficient (Wildman–Crippen LogP) is 3.80. The first-order chi connectivity index (χ1) is 16.2. The molecule has 4 aromatic rings. The first kappa shape index (κ1) is 20.7. The van der Waals surface area contributed by atoms with E-state index in [0.717, 1.165) is 10.9 Å². The molecule has 1 aliphatic rings. The van der Waals surface area contributed by atoms with E-state index < -0.39 is 0 Å². The molecule has 1 aliphatic heterocycles. The fourth-order valence-corrected chi connectivity index (χ4v) is 3.79. The van der Waals surface area contributed by atoms with Crippen molar-refractivity contribution < 1.29 is 18.7 Å². The number of hydrogen-bond donors (Lipinski definition) is 2. The molecule has 2 aromatic carbocycles. The summed E-state index contributed by atoms with van der Waals surface area (Å²) >= 11 is 0. The summed E-state index contributed by atoms with van der Waals surface area (Å²) in [4.78, 5) is 30.3. The predicted molar refractivity (Wildman–Crippen MR) is 122 cm³/mol. The fourth-order valence-electron chi connectivity index (χ4n) is 3.79. The highest BCUT2D eigenvalue weighted by molar-refractivity contribution is 5.83. The maximum atomic E-state index is 13.0. The Bertz CT molecular complexity index is 1320. The number of aromatic nitrogens is 1. The number of carbonyl (C=O) groups excluding carboxylic acids is 1. The molecule has 0 saturated heterocycles. The molecule has 0 aliphatic carbocycles. The average molecular weight is 445 g/mol. The van der Waals surface area contributed by atoms with E-state index in [2.05, 4.69) is 10.3 Å². The lowest BCUT2D eigenvalue weighted by atomic mass is 10.1. The number of aromatic amines is 1. The summed E-state index contributed by atoms with van der Waals surface area (Å²) in [5.41, 5.74) is 1.83. The molecule has 8 heteroatoms. The number of furan rings is 1. The summed E-state index contributed by atoms with van der Waals surface area (Å²) < 4.78 is 16.7. The Morgan fingerprint density at radius 2 is 1.76 bits per heavy atom. The molecule has 3 heterocycles. The van der Waals surface area contributed by atoms with Crippen molar-refractivity contribution in [2.45, 2.75) is 19.6 Å². The standard InChI is InChI=1S/C25H23N3O5/c29-24-19(11-18-12-22-23(13-21(18)27-24)33-10-9-32-22)15-28(16-20-7-4-8-31-20)25(30)26-14-17-5-2-1-3-6-17/h1-8,11-13H,9-10,14-16H2,(H,26,30)(H,27,29). The van der Waals surface area contributed by atoms with Crippen LogP contribution in [0.1, 0.15) is 16.9 Å². The Labute approximate surface area is 189 Å². The zero-order valence-corrected chi connectivity index (χ0v) is 17.9. The van der Waals surface area contributed by atoms with E-state index in [4.69, 9.17) is 13.9 Å². The molecule has 0 atom stereocenters. The molecule has 2 aromatic heterocycles. The van der Waals surface area contributed by atoms with Gasteiger partial charge in [0, 0.05) is 23.6 Å². The lowest BCUT2D eigenvalue weighted by Crippen LogP contribution is -2.39. The van der Waals surface area contributed by atoms with Gasteiger partial charge in [0.1, 0.15) is 19.0 Å². The smallest absolute Gasteiger partial charge is 0.318 e. The molecule has 0 saturated carbocycles. The van der Waals surface area contributed by atoms with Crippen molar-refractivity contribution in [1.29, 1.82) is 0 Å². The maximum absolute atomic E-state index is 13.0. The maximum Gasteiger partial charge on any atom is 0.318 e. The number of fused-ring (bicyclic) bond motifs is 2. The Balaban J connectivity index is 1.40. The Hall–Kier alpha value is -4.20. The van der Waals surface area contributed by atoms with E-state index in [1.165, 1.54) is 0 Å². The first-order valence-corrected chi connectivity index (χ1v) is 10.7. The SMILES string of the molecule is O=C(NCc1ccccc1)N(Cc1ccco1)Cc1cc2cc3c(cc2[nH]c1=O)OCCO3. The first-order valence-electron chi connectivity index (χ1n) is 10.7. The molecule has 168 valence electrons. The van der Waals surface area contributed by atoms with E-state index in [-0.39, 0.29) is 24.7 Å². The second kappa shape index (κ2) is 9.12. The van der Waals surface area contributed by atoms with Gasteiger partial charge in [-0.3, -0.25) is 4.79 Å². The minimum Gasteiger partial charge on any atom is -0.486 e. The number of amides is 2. The third kappa shape index (κ3) is 4.69. The number of ether oxygens (including phenoxy) is 2. The molecule has 0 fully saturated rings. The molecule has 8 nitrogen and oxygen atoms in total. The lowest BCUT2D eigenvalue weighted by Gasteiger charge is -2.22. The molecule has 0 radical (unpaired) electrons. The number of benzene rings is 2. The number of H-pyrrole nitrogens is 1. The van der Waals surface area contributed by atoms with Crippen LogP contribution < -0.4 is 20.3 Å².